The van der Waals surface area contributed by atoms with E-state index in [1.165, 1.54) is 0 Å². The Bertz CT molecular complexity index is 487. The highest BCUT2D eigenvalue weighted by Gasteiger charge is 2.17. The van der Waals surface area contributed by atoms with Crippen molar-refractivity contribution in [1.29, 1.82) is 0 Å². The van der Waals surface area contributed by atoms with E-state index in [0.717, 1.165) is 29.9 Å². The molecule has 1 N–H and O–H groups in total. The third-order valence-electron chi connectivity index (χ3n) is 3.47. The van der Waals surface area contributed by atoms with E-state index in [1.807, 2.05) is 31.7 Å². The van der Waals surface area contributed by atoms with E-state index in [1.54, 1.807) is 12.1 Å². The quantitative estimate of drug-likeness (QED) is 0.880. The molecule has 1 amide bonds. The number of halogens is 1. The van der Waals surface area contributed by atoms with Gasteiger partial charge in [-0.3, -0.25) is 5.32 Å². The predicted molar refractivity (Wildman–Crippen MR) is 85.5 cm³/mol. The molecule has 0 spiro atoms. The van der Waals surface area contributed by atoms with Crippen LogP contribution in [0.2, 0.25) is 0 Å². The number of hydrogen-bond donors (Lipinski definition) is 1. The van der Waals surface area contributed by atoms with Crippen LogP contribution < -0.4 is 5.32 Å². The number of benzene rings is 1. The molecule has 1 aromatic rings. The van der Waals surface area contributed by atoms with Crippen molar-refractivity contribution in [1.82, 2.24) is 0 Å². The normalized spacial score (nSPS) is 16.0. The molecule has 1 saturated heterocycles. The molecule has 21 heavy (non-hydrogen) atoms. The van der Waals surface area contributed by atoms with E-state index in [4.69, 9.17) is 4.74 Å². The van der Waals surface area contributed by atoms with Gasteiger partial charge in [-0.1, -0.05) is 19.9 Å². The molecule has 0 unspecified atom stereocenters. The van der Waals surface area contributed by atoms with Crippen LogP contribution in [0.3, 0.4) is 0 Å². The van der Waals surface area contributed by atoms with Crippen molar-refractivity contribution in [3.63, 3.8) is 0 Å². The standard InChI is InChI=1S/C16H22FNO2S/c1-11(2)10-20-16(19)18-15-4-3-13(9-14(15)17)12-5-7-21-8-6-12/h3-4,9,11-12H,5-8,10H2,1-2H3,(H,18,19). The van der Waals surface area contributed by atoms with Gasteiger partial charge in [0, 0.05) is 0 Å². The molecule has 1 aromatic carbocycles. The van der Waals surface area contributed by atoms with Gasteiger partial charge in [-0.2, -0.15) is 11.8 Å². The molecule has 1 heterocycles. The fourth-order valence-electron chi connectivity index (χ4n) is 2.31. The highest BCUT2D eigenvalue weighted by atomic mass is 32.2. The maximum Gasteiger partial charge on any atom is 0.411 e. The summed E-state index contributed by atoms with van der Waals surface area (Å²) in [6, 6.07) is 5.07. The lowest BCUT2D eigenvalue weighted by Gasteiger charge is -2.22. The molecule has 2 rings (SSSR count). The van der Waals surface area contributed by atoms with Crippen molar-refractivity contribution in [2.75, 3.05) is 23.4 Å². The summed E-state index contributed by atoms with van der Waals surface area (Å²) in [6.07, 6.45) is 1.57. The van der Waals surface area contributed by atoms with Gasteiger partial charge in [-0.15, -0.1) is 0 Å². The number of amides is 1. The number of carbonyl (C=O) groups is 1. The van der Waals surface area contributed by atoms with Gasteiger partial charge >= 0.3 is 6.09 Å². The number of anilines is 1. The fourth-order valence-corrected chi connectivity index (χ4v) is 3.41. The summed E-state index contributed by atoms with van der Waals surface area (Å²) in [7, 11) is 0. The van der Waals surface area contributed by atoms with Crippen molar-refractivity contribution in [3.8, 4) is 0 Å². The lowest BCUT2D eigenvalue weighted by molar-refractivity contribution is 0.147. The molecule has 1 aliphatic heterocycles. The Morgan fingerprint density at radius 1 is 1.43 bits per heavy atom. The molecule has 0 saturated carbocycles. The maximum atomic E-state index is 14.1. The Balaban J connectivity index is 1.96. The first-order valence-corrected chi connectivity index (χ1v) is 8.52. The van der Waals surface area contributed by atoms with E-state index in [-0.39, 0.29) is 11.6 Å². The summed E-state index contributed by atoms with van der Waals surface area (Å²) in [6.45, 7) is 4.22. The summed E-state index contributed by atoms with van der Waals surface area (Å²) < 4.78 is 19.1. The van der Waals surface area contributed by atoms with Crippen LogP contribution in [-0.2, 0) is 4.74 Å². The van der Waals surface area contributed by atoms with E-state index in [9.17, 15) is 9.18 Å². The van der Waals surface area contributed by atoms with Gasteiger partial charge in [0.1, 0.15) is 5.82 Å². The van der Waals surface area contributed by atoms with Gasteiger partial charge in [0.05, 0.1) is 12.3 Å². The van der Waals surface area contributed by atoms with Gasteiger partial charge in [-0.25, -0.2) is 9.18 Å². The summed E-state index contributed by atoms with van der Waals surface area (Å²) in [5, 5.41) is 2.46. The van der Waals surface area contributed by atoms with Gasteiger partial charge in [-0.05, 0) is 53.9 Å². The van der Waals surface area contributed by atoms with E-state index in [0.29, 0.717) is 12.5 Å². The average Bonchev–Trinajstić information content (AvgIpc) is 2.48. The lowest BCUT2D eigenvalue weighted by Crippen LogP contribution is -2.17. The zero-order valence-electron chi connectivity index (χ0n) is 12.5. The second-order valence-corrected chi connectivity index (χ2v) is 6.97. The van der Waals surface area contributed by atoms with Crippen LogP contribution >= 0.6 is 11.8 Å². The van der Waals surface area contributed by atoms with Crippen LogP contribution in [0.15, 0.2) is 18.2 Å². The number of rotatable bonds is 4. The third kappa shape index (κ3) is 4.92. The van der Waals surface area contributed by atoms with Crippen LogP contribution in [0.25, 0.3) is 0 Å². The van der Waals surface area contributed by atoms with Crippen LogP contribution in [0.1, 0.15) is 38.2 Å². The Hall–Kier alpha value is -1.23. The second kappa shape index (κ2) is 7.69. The predicted octanol–water partition coefficient (Wildman–Crippen LogP) is 4.64. The van der Waals surface area contributed by atoms with Crippen molar-refractivity contribution in [2.45, 2.75) is 32.6 Å². The smallest absolute Gasteiger partial charge is 0.411 e. The van der Waals surface area contributed by atoms with Gasteiger partial charge in [0.25, 0.3) is 0 Å². The second-order valence-electron chi connectivity index (χ2n) is 5.74. The van der Waals surface area contributed by atoms with Crippen molar-refractivity contribution in [3.05, 3.63) is 29.6 Å². The SMILES string of the molecule is CC(C)COC(=O)Nc1ccc(C2CCSCC2)cc1F. The zero-order valence-corrected chi connectivity index (χ0v) is 13.3. The molecule has 0 bridgehead atoms. The number of thioether (sulfide) groups is 1. The van der Waals surface area contributed by atoms with Crippen LogP contribution in [0.4, 0.5) is 14.9 Å². The molecule has 0 radical (unpaired) electrons. The van der Waals surface area contributed by atoms with Crippen molar-refractivity contribution >= 4 is 23.5 Å². The first-order chi connectivity index (χ1) is 10.1. The number of hydrogen-bond acceptors (Lipinski definition) is 3. The van der Waals surface area contributed by atoms with Crippen LogP contribution in [-0.4, -0.2) is 24.2 Å². The van der Waals surface area contributed by atoms with Gasteiger partial charge < -0.3 is 4.74 Å². The van der Waals surface area contributed by atoms with Gasteiger partial charge in [0.2, 0.25) is 0 Å². The van der Waals surface area contributed by atoms with Gasteiger partial charge in [0.15, 0.2) is 0 Å². The zero-order chi connectivity index (χ0) is 15.2. The molecule has 0 aromatic heterocycles. The molecule has 3 nitrogen and oxygen atoms in total. The minimum Gasteiger partial charge on any atom is -0.449 e. The highest BCUT2D eigenvalue weighted by Crippen LogP contribution is 2.32. The molecule has 116 valence electrons. The molecule has 0 atom stereocenters. The number of carbonyl (C=O) groups excluding carboxylic acids is 1. The first kappa shape index (κ1) is 16.1. The Kier molecular flexibility index (Phi) is 5.91. The summed E-state index contributed by atoms with van der Waals surface area (Å²) in [4.78, 5) is 11.6. The van der Waals surface area contributed by atoms with Crippen molar-refractivity contribution < 1.29 is 13.9 Å². The largest absolute Gasteiger partial charge is 0.449 e. The average molecular weight is 311 g/mol. The van der Waals surface area contributed by atoms with Crippen molar-refractivity contribution in [2.24, 2.45) is 5.92 Å². The monoisotopic (exact) mass is 311 g/mol. The molecular weight excluding hydrogens is 289 g/mol. The minimum absolute atomic E-state index is 0.178. The molecule has 1 fully saturated rings. The topological polar surface area (TPSA) is 38.3 Å². The third-order valence-corrected chi connectivity index (χ3v) is 4.52. The Morgan fingerprint density at radius 2 is 2.14 bits per heavy atom. The lowest BCUT2D eigenvalue weighted by atomic mass is 9.93. The Morgan fingerprint density at radius 3 is 2.76 bits per heavy atom. The summed E-state index contributed by atoms with van der Waals surface area (Å²) >= 11 is 1.95. The van der Waals surface area contributed by atoms with E-state index in [2.05, 4.69) is 5.32 Å². The Labute approximate surface area is 129 Å². The maximum absolute atomic E-state index is 14.1. The molecule has 1 aliphatic rings. The molecular formula is C16H22FNO2S. The van der Waals surface area contributed by atoms with E-state index >= 15 is 0 Å². The summed E-state index contributed by atoms with van der Waals surface area (Å²) in [5.41, 5.74) is 1.20. The summed E-state index contributed by atoms with van der Waals surface area (Å²) in [5.74, 6) is 2.56. The molecule has 5 heteroatoms. The highest BCUT2D eigenvalue weighted by molar-refractivity contribution is 7.99. The number of ether oxygens (including phenoxy) is 1. The first-order valence-electron chi connectivity index (χ1n) is 7.37. The van der Waals surface area contributed by atoms with E-state index < -0.39 is 11.9 Å². The van der Waals surface area contributed by atoms with Crippen LogP contribution in [0.5, 0.6) is 0 Å². The minimum atomic E-state index is -0.607. The number of nitrogens with one attached hydrogen (secondary N) is 1. The fraction of sp³-hybridized carbons (Fsp3) is 0.562. The molecule has 0 aliphatic carbocycles. The van der Waals surface area contributed by atoms with Crippen LogP contribution in [0, 0.1) is 11.7 Å².